The van der Waals surface area contributed by atoms with Gasteiger partial charge in [-0.25, -0.2) is 4.39 Å². The number of rotatable bonds is 2. The topological polar surface area (TPSA) is 26.0 Å². The summed E-state index contributed by atoms with van der Waals surface area (Å²) in [7, 11) is 0. The van der Waals surface area contributed by atoms with Crippen LogP contribution in [0.3, 0.4) is 0 Å². The van der Waals surface area contributed by atoms with E-state index in [1.54, 1.807) is 0 Å². The minimum absolute atomic E-state index is 0.237. The van der Waals surface area contributed by atoms with Gasteiger partial charge in [-0.1, -0.05) is 24.3 Å². The molecule has 0 bridgehead atoms. The molecule has 0 aromatic heterocycles. The highest BCUT2D eigenvalue weighted by atomic mass is 19.1. The van der Waals surface area contributed by atoms with Crippen LogP contribution in [0.4, 0.5) is 4.39 Å². The molecule has 2 heteroatoms. The summed E-state index contributed by atoms with van der Waals surface area (Å²) in [5.41, 5.74) is 7.86. The molecule has 0 atom stereocenters. The Balaban J connectivity index is 3.10. The largest absolute Gasteiger partial charge is 0.326 e. The Labute approximate surface area is 71.7 Å². The molecule has 1 aromatic rings. The fraction of sp³-hybridized carbons (Fsp3) is 0.200. The zero-order chi connectivity index (χ0) is 8.97. The number of aryl methyl sites for hydroxylation is 1. The molecule has 1 rings (SSSR count). The van der Waals surface area contributed by atoms with Crippen LogP contribution in [0.5, 0.6) is 0 Å². The number of nitrogens with two attached hydrogens (primary N) is 1. The summed E-state index contributed by atoms with van der Waals surface area (Å²) in [6.07, 6.45) is 0.572. The lowest BCUT2D eigenvalue weighted by Gasteiger charge is -2.05. The number of hydrogen-bond acceptors (Lipinski definition) is 1. The second-order valence-corrected chi connectivity index (χ2v) is 2.65. The number of hydrogen-bond donors (Lipinski definition) is 1. The molecule has 12 heavy (non-hydrogen) atoms. The average molecular weight is 165 g/mol. The van der Waals surface area contributed by atoms with Crippen molar-refractivity contribution in [3.63, 3.8) is 0 Å². The van der Waals surface area contributed by atoms with E-state index < -0.39 is 0 Å². The normalized spacial score (nSPS) is 11.8. The second-order valence-electron chi connectivity index (χ2n) is 2.65. The van der Waals surface area contributed by atoms with Gasteiger partial charge in [0.1, 0.15) is 0 Å². The third-order valence-corrected chi connectivity index (χ3v) is 1.84. The Morgan fingerprint density at radius 3 is 2.67 bits per heavy atom. The summed E-state index contributed by atoms with van der Waals surface area (Å²) < 4.78 is 12.3. The van der Waals surface area contributed by atoms with Crippen molar-refractivity contribution in [2.45, 2.75) is 6.92 Å². The van der Waals surface area contributed by atoms with Gasteiger partial charge in [-0.05, 0) is 18.1 Å². The lowest BCUT2D eigenvalue weighted by Crippen LogP contribution is -2.02. The van der Waals surface area contributed by atoms with Crippen molar-refractivity contribution in [1.82, 2.24) is 0 Å². The predicted octanol–water partition coefficient (Wildman–Crippen LogP) is 2.26. The summed E-state index contributed by atoms with van der Waals surface area (Å²) in [6.45, 7) is 2.18. The molecule has 0 radical (unpaired) electrons. The molecule has 0 amide bonds. The zero-order valence-electron chi connectivity index (χ0n) is 7.05. The van der Waals surface area contributed by atoms with Gasteiger partial charge in [-0.3, -0.25) is 0 Å². The maximum absolute atomic E-state index is 12.3. The highest BCUT2D eigenvalue weighted by Gasteiger charge is 2.01. The quantitative estimate of drug-likeness (QED) is 0.714. The Bertz CT molecular complexity index is 292. The van der Waals surface area contributed by atoms with E-state index in [4.69, 9.17) is 5.73 Å². The van der Waals surface area contributed by atoms with E-state index in [1.165, 1.54) is 0 Å². The first-order chi connectivity index (χ1) is 5.79. The van der Waals surface area contributed by atoms with Crippen molar-refractivity contribution in [2.24, 2.45) is 5.73 Å². The molecule has 0 aliphatic heterocycles. The molecule has 0 aliphatic rings. The number of halogens is 1. The predicted molar refractivity (Wildman–Crippen MR) is 49.3 cm³/mol. The summed E-state index contributed by atoms with van der Waals surface area (Å²) in [5, 5.41) is 0. The van der Waals surface area contributed by atoms with Gasteiger partial charge >= 0.3 is 0 Å². The highest BCUT2D eigenvalue weighted by molar-refractivity contribution is 5.68. The van der Waals surface area contributed by atoms with Crippen molar-refractivity contribution >= 4 is 5.57 Å². The molecule has 2 N–H and O–H groups in total. The lowest BCUT2D eigenvalue weighted by molar-refractivity contribution is 0.721. The third-order valence-electron chi connectivity index (χ3n) is 1.84. The summed E-state index contributed by atoms with van der Waals surface area (Å²) in [4.78, 5) is 0. The van der Waals surface area contributed by atoms with Crippen LogP contribution >= 0.6 is 0 Å². The molecule has 0 aliphatic carbocycles. The summed E-state index contributed by atoms with van der Waals surface area (Å²) >= 11 is 0. The second kappa shape index (κ2) is 4.02. The molecule has 0 saturated carbocycles. The summed E-state index contributed by atoms with van der Waals surface area (Å²) in [5.74, 6) is 0. The van der Waals surface area contributed by atoms with Gasteiger partial charge in [0.25, 0.3) is 0 Å². The van der Waals surface area contributed by atoms with Crippen LogP contribution in [0.1, 0.15) is 11.1 Å². The molecular formula is C10H12FN. The van der Waals surface area contributed by atoms with Gasteiger partial charge in [0.05, 0.1) is 6.33 Å². The van der Waals surface area contributed by atoms with E-state index in [-0.39, 0.29) is 6.54 Å². The van der Waals surface area contributed by atoms with Gasteiger partial charge in [-0.15, -0.1) is 0 Å². The molecule has 64 valence electrons. The van der Waals surface area contributed by atoms with Crippen molar-refractivity contribution in [2.75, 3.05) is 6.54 Å². The van der Waals surface area contributed by atoms with E-state index in [2.05, 4.69) is 0 Å². The van der Waals surface area contributed by atoms with E-state index in [1.807, 2.05) is 31.2 Å². The van der Waals surface area contributed by atoms with Gasteiger partial charge in [0.2, 0.25) is 0 Å². The monoisotopic (exact) mass is 165 g/mol. The van der Waals surface area contributed by atoms with Crippen LogP contribution < -0.4 is 5.73 Å². The molecule has 1 aromatic carbocycles. The average Bonchev–Trinajstić information content (AvgIpc) is 2.10. The van der Waals surface area contributed by atoms with Crippen LogP contribution in [0.15, 0.2) is 30.6 Å². The van der Waals surface area contributed by atoms with Crippen molar-refractivity contribution in [3.05, 3.63) is 41.7 Å². The number of benzene rings is 1. The minimum Gasteiger partial charge on any atom is -0.326 e. The van der Waals surface area contributed by atoms with Gasteiger partial charge < -0.3 is 5.73 Å². The van der Waals surface area contributed by atoms with E-state index in [9.17, 15) is 4.39 Å². The van der Waals surface area contributed by atoms with E-state index >= 15 is 0 Å². The van der Waals surface area contributed by atoms with Crippen LogP contribution in [-0.4, -0.2) is 6.54 Å². The maximum atomic E-state index is 12.3. The molecule has 1 nitrogen and oxygen atoms in total. The van der Waals surface area contributed by atoms with Crippen molar-refractivity contribution < 1.29 is 4.39 Å². The smallest absolute Gasteiger partial charge is 0.0917 e. The lowest BCUT2D eigenvalue weighted by atomic mass is 10.0. The molecule has 0 spiro atoms. The molecular weight excluding hydrogens is 153 g/mol. The molecule has 0 fully saturated rings. The fourth-order valence-corrected chi connectivity index (χ4v) is 1.15. The first kappa shape index (κ1) is 8.94. The SMILES string of the molecule is Cc1ccccc1C(=CF)CN. The van der Waals surface area contributed by atoms with Crippen LogP contribution in [0, 0.1) is 6.92 Å². The highest BCUT2D eigenvalue weighted by Crippen LogP contribution is 2.17. The summed E-state index contributed by atoms with van der Waals surface area (Å²) in [6, 6.07) is 7.61. The molecule has 0 unspecified atom stereocenters. The fourth-order valence-electron chi connectivity index (χ4n) is 1.15. The minimum atomic E-state index is 0.237. The van der Waals surface area contributed by atoms with Crippen LogP contribution in [0.2, 0.25) is 0 Å². The molecule has 0 saturated heterocycles. The van der Waals surface area contributed by atoms with Crippen LogP contribution in [-0.2, 0) is 0 Å². The van der Waals surface area contributed by atoms with Gasteiger partial charge in [0, 0.05) is 12.1 Å². The van der Waals surface area contributed by atoms with Crippen molar-refractivity contribution in [3.8, 4) is 0 Å². The Morgan fingerprint density at radius 1 is 1.50 bits per heavy atom. The van der Waals surface area contributed by atoms with Crippen molar-refractivity contribution in [1.29, 1.82) is 0 Å². The Morgan fingerprint density at radius 2 is 2.17 bits per heavy atom. The Kier molecular flexibility index (Phi) is 3.00. The molecule has 0 heterocycles. The van der Waals surface area contributed by atoms with E-state index in [0.29, 0.717) is 11.9 Å². The zero-order valence-corrected chi connectivity index (χ0v) is 7.05. The third kappa shape index (κ3) is 1.71. The maximum Gasteiger partial charge on any atom is 0.0917 e. The first-order valence-electron chi connectivity index (χ1n) is 3.85. The van der Waals surface area contributed by atoms with E-state index in [0.717, 1.165) is 11.1 Å². The van der Waals surface area contributed by atoms with Gasteiger partial charge in [-0.2, -0.15) is 0 Å². The van der Waals surface area contributed by atoms with Crippen LogP contribution in [0.25, 0.3) is 5.57 Å². The standard InChI is InChI=1S/C10H12FN/c1-8-4-2-3-5-10(8)9(6-11)7-12/h2-6H,7,12H2,1H3. The van der Waals surface area contributed by atoms with Gasteiger partial charge in [0.15, 0.2) is 0 Å². The first-order valence-corrected chi connectivity index (χ1v) is 3.85. The Hall–Kier alpha value is -1.15.